The first-order chi connectivity index (χ1) is 6.27. The van der Waals surface area contributed by atoms with E-state index in [4.69, 9.17) is 0 Å². The second-order valence-electron chi connectivity index (χ2n) is 3.74. The molecule has 1 saturated heterocycles. The van der Waals surface area contributed by atoms with E-state index < -0.39 is 0 Å². The molecule has 0 spiro atoms. The fraction of sp³-hybridized carbons (Fsp3) is 0.700. The number of nitrogens with zero attached hydrogens (tertiary/aromatic N) is 1. The van der Waals surface area contributed by atoms with Crippen LogP contribution >= 0.6 is 11.3 Å². The highest BCUT2D eigenvalue weighted by Gasteiger charge is 2.18. The molecular formula is C10H16N2S. The maximum Gasteiger partial charge on any atom is 0.0974 e. The minimum absolute atomic E-state index is 0.672. The number of thiazole rings is 1. The zero-order valence-corrected chi connectivity index (χ0v) is 9.08. The Balaban J connectivity index is 2.14. The fourth-order valence-corrected chi connectivity index (χ4v) is 2.79. The molecule has 72 valence electrons. The number of aryl methyl sites for hydroxylation is 2. The zero-order chi connectivity index (χ0) is 9.26. The van der Waals surface area contributed by atoms with Gasteiger partial charge >= 0.3 is 0 Å². The van der Waals surface area contributed by atoms with Gasteiger partial charge in [-0.3, -0.25) is 0 Å². The highest BCUT2D eigenvalue weighted by atomic mass is 32.1. The summed E-state index contributed by atoms with van der Waals surface area (Å²) in [5, 5.41) is 4.76. The smallest absolute Gasteiger partial charge is 0.0974 e. The van der Waals surface area contributed by atoms with Gasteiger partial charge < -0.3 is 5.32 Å². The molecule has 1 fully saturated rings. The fourth-order valence-electron chi connectivity index (χ4n) is 1.73. The summed E-state index contributed by atoms with van der Waals surface area (Å²) in [4.78, 5) is 5.99. The van der Waals surface area contributed by atoms with E-state index in [2.05, 4.69) is 24.1 Å². The predicted octanol–water partition coefficient (Wildman–Crippen LogP) is 2.23. The average molecular weight is 196 g/mol. The summed E-state index contributed by atoms with van der Waals surface area (Å²) in [7, 11) is 0. The van der Waals surface area contributed by atoms with E-state index in [1.54, 1.807) is 0 Å². The molecule has 0 saturated carbocycles. The molecule has 13 heavy (non-hydrogen) atoms. The third-order valence-corrected chi connectivity index (χ3v) is 3.93. The summed E-state index contributed by atoms with van der Waals surface area (Å²) in [5.41, 5.74) is 1.21. The Bertz CT molecular complexity index is 268. The maximum absolute atomic E-state index is 4.61. The van der Waals surface area contributed by atoms with Gasteiger partial charge in [-0.2, -0.15) is 0 Å². The minimum Gasteiger partial charge on any atom is -0.316 e. The van der Waals surface area contributed by atoms with Crippen LogP contribution in [0.25, 0.3) is 0 Å². The Morgan fingerprint density at radius 3 is 2.85 bits per heavy atom. The van der Waals surface area contributed by atoms with Crippen molar-refractivity contribution in [3.63, 3.8) is 0 Å². The first kappa shape index (κ1) is 9.16. The Labute approximate surface area is 83.4 Å². The van der Waals surface area contributed by atoms with Gasteiger partial charge in [-0.25, -0.2) is 4.98 Å². The van der Waals surface area contributed by atoms with Gasteiger partial charge in [0.15, 0.2) is 0 Å². The molecule has 1 aliphatic heterocycles. The molecule has 3 heteroatoms. The van der Waals surface area contributed by atoms with Crippen molar-refractivity contribution in [1.29, 1.82) is 0 Å². The Hall–Kier alpha value is -0.410. The van der Waals surface area contributed by atoms with Crippen molar-refractivity contribution in [2.45, 2.75) is 32.6 Å². The molecule has 0 bridgehead atoms. The van der Waals surface area contributed by atoms with Crippen LogP contribution in [0.15, 0.2) is 0 Å². The molecule has 2 nitrogen and oxygen atoms in total. The lowest BCUT2D eigenvalue weighted by molar-refractivity contribution is 0.460. The van der Waals surface area contributed by atoms with Crippen LogP contribution in [0.1, 0.15) is 34.3 Å². The normalized spacial score (nSPS) is 23.4. The molecule has 0 aliphatic carbocycles. The molecule has 2 rings (SSSR count). The third kappa shape index (κ3) is 1.92. The first-order valence-electron chi connectivity index (χ1n) is 4.92. The lowest BCUT2D eigenvalue weighted by atomic mass is 10.0. The van der Waals surface area contributed by atoms with Crippen LogP contribution in [-0.2, 0) is 0 Å². The molecule has 1 N–H and O–H groups in total. The molecule has 1 aromatic heterocycles. The SMILES string of the molecule is Cc1nc([C@H]2CCCNC2)sc1C. The van der Waals surface area contributed by atoms with Crippen molar-refractivity contribution in [2.75, 3.05) is 13.1 Å². The van der Waals surface area contributed by atoms with Gasteiger partial charge in [0.25, 0.3) is 0 Å². The Morgan fingerprint density at radius 1 is 1.46 bits per heavy atom. The van der Waals surface area contributed by atoms with Crippen LogP contribution in [0.5, 0.6) is 0 Å². The molecular weight excluding hydrogens is 180 g/mol. The highest BCUT2D eigenvalue weighted by molar-refractivity contribution is 7.11. The van der Waals surface area contributed by atoms with Crippen molar-refractivity contribution in [3.8, 4) is 0 Å². The predicted molar refractivity (Wildman–Crippen MR) is 56.4 cm³/mol. The number of hydrogen-bond donors (Lipinski definition) is 1. The lowest BCUT2D eigenvalue weighted by Crippen LogP contribution is -2.28. The van der Waals surface area contributed by atoms with Crippen molar-refractivity contribution in [2.24, 2.45) is 0 Å². The van der Waals surface area contributed by atoms with Crippen molar-refractivity contribution in [1.82, 2.24) is 10.3 Å². The van der Waals surface area contributed by atoms with Crippen LogP contribution in [0.4, 0.5) is 0 Å². The van der Waals surface area contributed by atoms with Crippen LogP contribution < -0.4 is 5.32 Å². The molecule has 1 atom stereocenters. The van der Waals surface area contributed by atoms with E-state index in [-0.39, 0.29) is 0 Å². The minimum atomic E-state index is 0.672. The average Bonchev–Trinajstić information content (AvgIpc) is 2.49. The van der Waals surface area contributed by atoms with Crippen LogP contribution in [0.2, 0.25) is 0 Å². The molecule has 0 unspecified atom stereocenters. The standard InChI is InChI=1S/C10H16N2S/c1-7-8(2)13-10(12-7)9-4-3-5-11-6-9/h9,11H,3-6H2,1-2H3/t9-/m0/s1. The van der Waals surface area contributed by atoms with Gasteiger partial charge in [0, 0.05) is 17.3 Å². The zero-order valence-electron chi connectivity index (χ0n) is 8.26. The van der Waals surface area contributed by atoms with E-state index in [0.717, 1.165) is 6.54 Å². The summed E-state index contributed by atoms with van der Waals surface area (Å²) in [6.45, 7) is 6.56. The first-order valence-corrected chi connectivity index (χ1v) is 5.73. The van der Waals surface area contributed by atoms with Crippen LogP contribution in [0.3, 0.4) is 0 Å². The van der Waals surface area contributed by atoms with E-state index >= 15 is 0 Å². The summed E-state index contributed by atoms with van der Waals surface area (Å²) < 4.78 is 0. The van der Waals surface area contributed by atoms with E-state index in [0.29, 0.717) is 5.92 Å². The Morgan fingerprint density at radius 2 is 2.31 bits per heavy atom. The number of rotatable bonds is 1. The van der Waals surface area contributed by atoms with Gasteiger partial charge in [0.2, 0.25) is 0 Å². The number of piperidine rings is 1. The molecule has 0 radical (unpaired) electrons. The third-order valence-electron chi connectivity index (χ3n) is 2.69. The van der Waals surface area contributed by atoms with E-state index in [1.807, 2.05) is 11.3 Å². The molecule has 2 heterocycles. The summed E-state index contributed by atoms with van der Waals surface area (Å²) >= 11 is 1.87. The van der Waals surface area contributed by atoms with Gasteiger partial charge in [-0.15, -0.1) is 11.3 Å². The number of aromatic nitrogens is 1. The number of nitrogens with one attached hydrogen (secondary N) is 1. The van der Waals surface area contributed by atoms with Crippen LogP contribution in [0, 0.1) is 13.8 Å². The Kier molecular flexibility index (Phi) is 2.65. The summed E-state index contributed by atoms with van der Waals surface area (Å²) in [6.07, 6.45) is 2.60. The second-order valence-corrected chi connectivity index (χ2v) is 4.97. The van der Waals surface area contributed by atoms with Crippen molar-refractivity contribution < 1.29 is 0 Å². The van der Waals surface area contributed by atoms with Gasteiger partial charge in [-0.1, -0.05) is 0 Å². The highest BCUT2D eigenvalue weighted by Crippen LogP contribution is 2.28. The summed E-state index contributed by atoms with van der Waals surface area (Å²) in [5.74, 6) is 0.672. The molecule has 1 aromatic rings. The molecule has 0 aromatic carbocycles. The van der Waals surface area contributed by atoms with E-state index in [1.165, 1.54) is 35.0 Å². The van der Waals surface area contributed by atoms with Gasteiger partial charge in [0.05, 0.1) is 10.7 Å². The van der Waals surface area contributed by atoms with Crippen molar-refractivity contribution >= 4 is 11.3 Å². The van der Waals surface area contributed by atoms with Crippen molar-refractivity contribution in [3.05, 3.63) is 15.6 Å². The largest absolute Gasteiger partial charge is 0.316 e. The van der Waals surface area contributed by atoms with Crippen LogP contribution in [-0.4, -0.2) is 18.1 Å². The van der Waals surface area contributed by atoms with E-state index in [9.17, 15) is 0 Å². The second kappa shape index (κ2) is 3.76. The maximum atomic E-state index is 4.61. The monoisotopic (exact) mass is 196 g/mol. The van der Waals surface area contributed by atoms with Gasteiger partial charge in [0.1, 0.15) is 0 Å². The number of hydrogen-bond acceptors (Lipinski definition) is 3. The quantitative estimate of drug-likeness (QED) is 0.745. The molecule has 0 amide bonds. The molecule has 1 aliphatic rings. The topological polar surface area (TPSA) is 24.9 Å². The lowest BCUT2D eigenvalue weighted by Gasteiger charge is -2.20. The summed E-state index contributed by atoms with van der Waals surface area (Å²) in [6, 6.07) is 0. The van der Waals surface area contributed by atoms with Gasteiger partial charge in [-0.05, 0) is 33.2 Å².